The molecule has 3 N–H and O–H groups in total. The van der Waals surface area contributed by atoms with Gasteiger partial charge in [0.1, 0.15) is 0 Å². The minimum Gasteiger partial charge on any atom is -0.481 e. The van der Waals surface area contributed by atoms with Gasteiger partial charge >= 0.3 is 5.97 Å². The number of aliphatic carboxylic acids is 1. The maximum absolute atomic E-state index is 10.4. The second kappa shape index (κ2) is 5.12. The lowest BCUT2D eigenvalue weighted by Gasteiger charge is -2.08. The summed E-state index contributed by atoms with van der Waals surface area (Å²) in [5, 5.41) is 8.53. The highest BCUT2D eigenvalue weighted by Gasteiger charge is 2.08. The number of benzene rings is 1. The molecule has 0 aliphatic carbocycles. The van der Waals surface area contributed by atoms with E-state index in [9.17, 15) is 4.79 Å². The summed E-state index contributed by atoms with van der Waals surface area (Å²) < 4.78 is 0.984. The maximum atomic E-state index is 10.4. The first-order valence-electron chi connectivity index (χ1n) is 4.30. The average molecular weight is 258 g/mol. The normalized spacial score (nSPS) is 12.4. The zero-order valence-electron chi connectivity index (χ0n) is 7.61. The predicted octanol–water partition coefficient (Wildman–Crippen LogP) is 1.79. The molecule has 4 heteroatoms. The zero-order valence-corrected chi connectivity index (χ0v) is 9.20. The largest absolute Gasteiger partial charge is 0.481 e. The first-order valence-corrected chi connectivity index (χ1v) is 5.09. The fourth-order valence-electron chi connectivity index (χ4n) is 1.26. The summed E-state index contributed by atoms with van der Waals surface area (Å²) in [6.07, 6.45) is 0.595. The van der Waals surface area contributed by atoms with E-state index in [4.69, 9.17) is 10.8 Å². The molecule has 0 aliphatic rings. The SMILES string of the molecule is N[C@@H](CC(=O)O)Cc1cccc(Br)c1. The molecule has 0 bridgehead atoms. The van der Waals surface area contributed by atoms with E-state index in [1.54, 1.807) is 0 Å². The predicted molar refractivity (Wildman–Crippen MR) is 58.1 cm³/mol. The van der Waals surface area contributed by atoms with E-state index in [2.05, 4.69) is 15.9 Å². The van der Waals surface area contributed by atoms with Crippen molar-refractivity contribution >= 4 is 21.9 Å². The Hall–Kier alpha value is -0.870. The van der Waals surface area contributed by atoms with Gasteiger partial charge in [0.15, 0.2) is 0 Å². The van der Waals surface area contributed by atoms with Gasteiger partial charge in [-0.2, -0.15) is 0 Å². The zero-order chi connectivity index (χ0) is 10.6. The van der Waals surface area contributed by atoms with E-state index in [-0.39, 0.29) is 12.5 Å². The smallest absolute Gasteiger partial charge is 0.304 e. The van der Waals surface area contributed by atoms with Gasteiger partial charge in [0, 0.05) is 10.5 Å². The number of hydrogen-bond donors (Lipinski definition) is 2. The van der Waals surface area contributed by atoms with Crippen molar-refractivity contribution in [1.82, 2.24) is 0 Å². The average Bonchev–Trinajstić information content (AvgIpc) is 2.01. The molecule has 1 aromatic rings. The first-order chi connectivity index (χ1) is 6.58. The second-order valence-electron chi connectivity index (χ2n) is 3.19. The lowest BCUT2D eigenvalue weighted by molar-refractivity contribution is -0.137. The van der Waals surface area contributed by atoms with Crippen LogP contribution >= 0.6 is 15.9 Å². The summed E-state index contributed by atoms with van der Waals surface area (Å²) in [5.74, 6) is -0.854. The number of rotatable bonds is 4. The van der Waals surface area contributed by atoms with Gasteiger partial charge in [-0.3, -0.25) is 4.79 Å². The topological polar surface area (TPSA) is 63.3 Å². The van der Waals surface area contributed by atoms with Gasteiger partial charge in [-0.05, 0) is 24.1 Å². The Morgan fingerprint density at radius 1 is 1.57 bits per heavy atom. The minimum absolute atomic E-state index is 0.00646. The highest BCUT2D eigenvalue weighted by atomic mass is 79.9. The molecule has 1 aromatic carbocycles. The second-order valence-corrected chi connectivity index (χ2v) is 4.11. The Balaban J connectivity index is 2.55. The van der Waals surface area contributed by atoms with Gasteiger partial charge in [0.2, 0.25) is 0 Å². The molecule has 0 amide bonds. The Morgan fingerprint density at radius 2 is 2.29 bits per heavy atom. The van der Waals surface area contributed by atoms with Crippen LogP contribution in [0.3, 0.4) is 0 Å². The first kappa shape index (κ1) is 11.2. The van der Waals surface area contributed by atoms with Gasteiger partial charge in [0.05, 0.1) is 6.42 Å². The van der Waals surface area contributed by atoms with Crippen LogP contribution in [0.25, 0.3) is 0 Å². The fourth-order valence-corrected chi connectivity index (χ4v) is 1.71. The van der Waals surface area contributed by atoms with E-state index in [1.165, 1.54) is 0 Å². The van der Waals surface area contributed by atoms with Gasteiger partial charge in [-0.1, -0.05) is 28.1 Å². The summed E-state index contributed by atoms with van der Waals surface area (Å²) in [6, 6.07) is 7.40. The van der Waals surface area contributed by atoms with Crippen molar-refractivity contribution in [2.75, 3.05) is 0 Å². The third-order valence-electron chi connectivity index (χ3n) is 1.82. The van der Waals surface area contributed by atoms with Gasteiger partial charge in [0.25, 0.3) is 0 Å². The van der Waals surface area contributed by atoms with Crippen LogP contribution < -0.4 is 5.73 Å². The van der Waals surface area contributed by atoms with Crippen LogP contribution in [0.5, 0.6) is 0 Å². The standard InChI is InChI=1S/C10H12BrNO2/c11-8-3-1-2-7(4-8)5-9(12)6-10(13)14/h1-4,9H,5-6,12H2,(H,13,14)/t9-/m1/s1. The van der Waals surface area contributed by atoms with Crippen molar-refractivity contribution in [3.63, 3.8) is 0 Å². The molecule has 0 spiro atoms. The molecule has 0 aromatic heterocycles. The van der Waals surface area contributed by atoms with E-state index in [1.807, 2.05) is 24.3 Å². The summed E-state index contributed by atoms with van der Waals surface area (Å²) in [4.78, 5) is 10.4. The van der Waals surface area contributed by atoms with Crippen LogP contribution in [0.4, 0.5) is 0 Å². The summed E-state index contributed by atoms with van der Waals surface area (Å²) >= 11 is 3.35. The Labute approximate surface area is 91.1 Å². The van der Waals surface area contributed by atoms with Crippen molar-refractivity contribution in [3.05, 3.63) is 34.3 Å². The molecule has 1 rings (SSSR count). The van der Waals surface area contributed by atoms with Crippen LogP contribution in [0, 0.1) is 0 Å². The highest BCUT2D eigenvalue weighted by molar-refractivity contribution is 9.10. The third kappa shape index (κ3) is 3.89. The third-order valence-corrected chi connectivity index (χ3v) is 2.32. The van der Waals surface area contributed by atoms with Crippen molar-refractivity contribution in [3.8, 4) is 0 Å². The van der Waals surface area contributed by atoms with Crippen molar-refractivity contribution in [1.29, 1.82) is 0 Å². The number of nitrogens with two attached hydrogens (primary N) is 1. The summed E-state index contributed by atoms with van der Waals surface area (Å²) in [7, 11) is 0. The summed E-state index contributed by atoms with van der Waals surface area (Å²) in [6.45, 7) is 0. The molecule has 76 valence electrons. The molecule has 14 heavy (non-hydrogen) atoms. The molecule has 0 heterocycles. The number of carbonyl (C=O) groups is 1. The molecule has 0 radical (unpaired) electrons. The number of carboxylic acids is 1. The van der Waals surface area contributed by atoms with Crippen molar-refractivity contribution in [2.45, 2.75) is 18.9 Å². The number of halogens is 1. The molecule has 3 nitrogen and oxygen atoms in total. The van der Waals surface area contributed by atoms with Crippen LogP contribution in [0.2, 0.25) is 0 Å². The fraction of sp³-hybridized carbons (Fsp3) is 0.300. The van der Waals surface area contributed by atoms with Crippen LogP contribution in [0.1, 0.15) is 12.0 Å². The Bertz CT molecular complexity index is 328. The van der Waals surface area contributed by atoms with E-state index >= 15 is 0 Å². The van der Waals surface area contributed by atoms with Crippen LogP contribution in [-0.2, 0) is 11.2 Å². The van der Waals surface area contributed by atoms with Gasteiger partial charge in [-0.15, -0.1) is 0 Å². The molecule has 0 fully saturated rings. The Kier molecular flexibility index (Phi) is 4.10. The minimum atomic E-state index is -0.854. The van der Waals surface area contributed by atoms with Crippen LogP contribution in [-0.4, -0.2) is 17.1 Å². The lowest BCUT2D eigenvalue weighted by Crippen LogP contribution is -2.26. The molecule has 0 unspecified atom stereocenters. The molecule has 1 atom stereocenters. The quantitative estimate of drug-likeness (QED) is 0.865. The van der Waals surface area contributed by atoms with Gasteiger partial charge in [-0.25, -0.2) is 0 Å². The van der Waals surface area contributed by atoms with Gasteiger partial charge < -0.3 is 10.8 Å². The van der Waals surface area contributed by atoms with E-state index in [0.29, 0.717) is 6.42 Å². The lowest BCUT2D eigenvalue weighted by atomic mass is 10.0. The highest BCUT2D eigenvalue weighted by Crippen LogP contribution is 2.13. The van der Waals surface area contributed by atoms with E-state index in [0.717, 1.165) is 10.0 Å². The molecule has 0 aliphatic heterocycles. The number of carboxylic acid groups (broad SMARTS) is 1. The summed E-state index contributed by atoms with van der Waals surface area (Å²) in [5.41, 5.74) is 6.71. The molecular weight excluding hydrogens is 246 g/mol. The monoisotopic (exact) mass is 257 g/mol. The van der Waals surface area contributed by atoms with E-state index < -0.39 is 5.97 Å². The Morgan fingerprint density at radius 3 is 2.86 bits per heavy atom. The molecular formula is C10H12BrNO2. The molecule has 0 saturated carbocycles. The number of hydrogen-bond acceptors (Lipinski definition) is 2. The van der Waals surface area contributed by atoms with Crippen LogP contribution in [0.15, 0.2) is 28.7 Å². The maximum Gasteiger partial charge on any atom is 0.304 e. The van der Waals surface area contributed by atoms with Crippen molar-refractivity contribution in [2.24, 2.45) is 5.73 Å². The van der Waals surface area contributed by atoms with Crippen molar-refractivity contribution < 1.29 is 9.90 Å². The molecule has 0 saturated heterocycles.